The lowest BCUT2D eigenvalue weighted by molar-refractivity contribution is 0.0525. The molecule has 1 N–H and O–H groups in total. The zero-order valence-corrected chi connectivity index (χ0v) is 16.3. The summed E-state index contributed by atoms with van der Waals surface area (Å²) in [6, 6.07) is 5.08. The van der Waals surface area contributed by atoms with Gasteiger partial charge in [0, 0.05) is 17.3 Å². The number of fused-ring (bicyclic) bond motifs is 1. The number of hydrogen-bond donors (Lipinski definition) is 1. The van der Waals surface area contributed by atoms with Gasteiger partial charge >= 0.3 is 5.97 Å². The number of hydrogen-bond acceptors (Lipinski definition) is 5. The maximum atomic E-state index is 12.8. The van der Waals surface area contributed by atoms with E-state index in [0.29, 0.717) is 38.8 Å². The molecular weight excluding hydrogens is 370 g/mol. The molecule has 0 spiro atoms. The first-order chi connectivity index (χ1) is 12.9. The molecule has 142 valence electrons. The molecule has 0 bridgehead atoms. The Morgan fingerprint density at radius 2 is 2.11 bits per heavy atom. The van der Waals surface area contributed by atoms with Gasteiger partial charge in [-0.1, -0.05) is 25.4 Å². The van der Waals surface area contributed by atoms with Crippen LogP contribution in [0.3, 0.4) is 0 Å². The molecule has 0 amide bonds. The van der Waals surface area contributed by atoms with E-state index in [4.69, 9.17) is 21.1 Å². The van der Waals surface area contributed by atoms with Crippen LogP contribution in [0.5, 0.6) is 5.75 Å². The smallest absolute Gasteiger partial charge is 0.340 e. The topological polar surface area (TPSA) is 85.7 Å². The van der Waals surface area contributed by atoms with Gasteiger partial charge in [-0.2, -0.15) is 0 Å². The zero-order valence-electron chi connectivity index (χ0n) is 15.5. The highest BCUT2D eigenvalue weighted by Gasteiger charge is 2.23. The Balaban J connectivity index is 2.23. The van der Waals surface area contributed by atoms with Crippen LogP contribution in [0.25, 0.3) is 16.9 Å². The van der Waals surface area contributed by atoms with Gasteiger partial charge in [0.25, 0.3) is 5.56 Å². The third kappa shape index (κ3) is 3.42. The molecule has 0 saturated carbocycles. The van der Waals surface area contributed by atoms with Crippen molar-refractivity contribution in [1.82, 2.24) is 14.6 Å². The fourth-order valence-corrected chi connectivity index (χ4v) is 3.20. The molecule has 0 atom stereocenters. The number of aromatic amines is 1. The Morgan fingerprint density at radius 1 is 1.37 bits per heavy atom. The number of H-pyrrole nitrogens is 1. The summed E-state index contributed by atoms with van der Waals surface area (Å²) in [5.41, 5.74) is 1.58. The third-order valence-electron chi connectivity index (χ3n) is 4.18. The number of carbonyl (C=O) groups is 1. The number of ether oxygens (including phenoxy) is 2. The van der Waals surface area contributed by atoms with Crippen molar-refractivity contribution in [1.29, 1.82) is 0 Å². The summed E-state index contributed by atoms with van der Waals surface area (Å²) >= 11 is 6.06. The Kier molecular flexibility index (Phi) is 5.23. The normalized spacial score (nSPS) is 11.2. The van der Waals surface area contributed by atoms with Crippen LogP contribution in [0, 0.1) is 0 Å². The highest BCUT2D eigenvalue weighted by Crippen LogP contribution is 2.29. The number of aromatic nitrogens is 3. The fraction of sp³-hybridized carbons (Fsp3) is 0.316. The maximum Gasteiger partial charge on any atom is 0.340 e. The van der Waals surface area contributed by atoms with E-state index in [0.717, 1.165) is 0 Å². The van der Waals surface area contributed by atoms with E-state index in [1.54, 1.807) is 25.1 Å². The molecule has 0 unspecified atom stereocenters. The Morgan fingerprint density at radius 3 is 2.74 bits per heavy atom. The van der Waals surface area contributed by atoms with Crippen molar-refractivity contribution in [3.05, 3.63) is 50.9 Å². The van der Waals surface area contributed by atoms with E-state index in [-0.39, 0.29) is 18.1 Å². The molecule has 7 nitrogen and oxygen atoms in total. The fourth-order valence-electron chi connectivity index (χ4n) is 3.00. The van der Waals surface area contributed by atoms with Crippen LogP contribution in [-0.4, -0.2) is 34.3 Å². The number of benzene rings is 1. The number of rotatable bonds is 5. The molecule has 27 heavy (non-hydrogen) atoms. The minimum absolute atomic E-state index is 0.0567. The quantitative estimate of drug-likeness (QED) is 0.673. The van der Waals surface area contributed by atoms with Crippen LogP contribution in [0.4, 0.5) is 0 Å². The van der Waals surface area contributed by atoms with Gasteiger partial charge in [-0.25, -0.2) is 9.31 Å². The van der Waals surface area contributed by atoms with Crippen molar-refractivity contribution >= 4 is 23.1 Å². The van der Waals surface area contributed by atoms with Crippen LogP contribution >= 0.6 is 11.6 Å². The van der Waals surface area contributed by atoms with E-state index in [1.807, 2.05) is 13.8 Å². The van der Waals surface area contributed by atoms with Crippen molar-refractivity contribution in [2.24, 2.45) is 0 Å². The number of methoxy groups -OCH3 is 1. The monoisotopic (exact) mass is 389 g/mol. The van der Waals surface area contributed by atoms with Crippen LogP contribution in [0.1, 0.15) is 42.6 Å². The lowest BCUT2D eigenvalue weighted by atomic mass is 10.0. The second kappa shape index (κ2) is 7.44. The van der Waals surface area contributed by atoms with Crippen LogP contribution < -0.4 is 10.3 Å². The molecule has 3 rings (SSSR count). The van der Waals surface area contributed by atoms with Gasteiger partial charge in [0.05, 0.1) is 24.3 Å². The molecule has 1 aromatic carbocycles. The van der Waals surface area contributed by atoms with E-state index >= 15 is 0 Å². The minimum atomic E-state index is -0.471. The summed E-state index contributed by atoms with van der Waals surface area (Å²) in [6.07, 6.45) is 1.54. The minimum Gasteiger partial charge on any atom is -0.495 e. The third-order valence-corrected chi connectivity index (χ3v) is 4.49. The van der Waals surface area contributed by atoms with Crippen molar-refractivity contribution in [2.45, 2.75) is 26.7 Å². The van der Waals surface area contributed by atoms with Crippen LogP contribution in [0.2, 0.25) is 5.02 Å². The van der Waals surface area contributed by atoms with E-state index in [9.17, 15) is 9.59 Å². The van der Waals surface area contributed by atoms with Gasteiger partial charge in [0.1, 0.15) is 11.3 Å². The molecule has 0 aliphatic heterocycles. The summed E-state index contributed by atoms with van der Waals surface area (Å²) in [6.45, 7) is 5.81. The van der Waals surface area contributed by atoms with Crippen LogP contribution in [-0.2, 0) is 4.74 Å². The highest BCUT2D eigenvalue weighted by atomic mass is 35.5. The number of carbonyl (C=O) groups excluding carboxylic acids is 1. The van der Waals surface area contributed by atoms with Gasteiger partial charge in [-0.05, 0) is 31.0 Å². The Bertz CT molecular complexity index is 1070. The van der Waals surface area contributed by atoms with Gasteiger partial charge in [0.2, 0.25) is 0 Å². The van der Waals surface area contributed by atoms with Crippen LogP contribution in [0.15, 0.2) is 29.2 Å². The summed E-state index contributed by atoms with van der Waals surface area (Å²) < 4.78 is 11.8. The lowest BCUT2D eigenvalue weighted by Gasteiger charge is -2.08. The molecule has 8 heteroatoms. The maximum absolute atomic E-state index is 12.8. The van der Waals surface area contributed by atoms with Crippen molar-refractivity contribution < 1.29 is 14.3 Å². The molecule has 0 radical (unpaired) electrons. The lowest BCUT2D eigenvalue weighted by Crippen LogP contribution is -2.15. The van der Waals surface area contributed by atoms with Gasteiger partial charge in [-0.15, -0.1) is 5.10 Å². The Hall–Kier alpha value is -2.80. The zero-order chi connectivity index (χ0) is 19.7. The predicted molar refractivity (Wildman–Crippen MR) is 103 cm³/mol. The average molecular weight is 390 g/mol. The summed E-state index contributed by atoms with van der Waals surface area (Å²) in [5.74, 6) is 0.280. The van der Waals surface area contributed by atoms with Crippen molar-refractivity contribution in [2.75, 3.05) is 13.7 Å². The second-order valence-electron chi connectivity index (χ2n) is 6.28. The molecule has 3 aromatic rings. The largest absolute Gasteiger partial charge is 0.495 e. The first-order valence-corrected chi connectivity index (χ1v) is 8.91. The SMILES string of the molecule is CCOC(=O)c1cn2nc(-c3ccc(Cl)c(OC)c3)[nH]c(=O)c2c1C(C)C. The molecule has 2 aromatic heterocycles. The number of nitrogens with one attached hydrogen (secondary N) is 1. The number of esters is 1. The first-order valence-electron chi connectivity index (χ1n) is 8.54. The highest BCUT2D eigenvalue weighted by molar-refractivity contribution is 6.32. The standard InChI is InChI=1S/C19H20ClN3O4/c1-5-27-19(25)12-9-23-16(15(12)10(2)3)18(24)21-17(22-23)11-6-7-13(20)14(8-11)26-4/h6-10H,5H2,1-4H3,(H,21,22,24). The van der Waals surface area contributed by atoms with Crippen molar-refractivity contribution in [3.63, 3.8) is 0 Å². The molecule has 0 saturated heterocycles. The van der Waals surface area contributed by atoms with Gasteiger partial charge < -0.3 is 14.5 Å². The number of nitrogens with zero attached hydrogens (tertiary/aromatic N) is 2. The summed E-state index contributed by atoms with van der Waals surface area (Å²) in [4.78, 5) is 27.9. The molecule has 0 aliphatic rings. The van der Waals surface area contributed by atoms with E-state index < -0.39 is 5.97 Å². The Labute approximate surface area is 160 Å². The molecule has 2 heterocycles. The van der Waals surface area contributed by atoms with Gasteiger partial charge in [0.15, 0.2) is 5.82 Å². The molecule has 0 fully saturated rings. The second-order valence-corrected chi connectivity index (χ2v) is 6.68. The number of halogens is 1. The molecule has 0 aliphatic carbocycles. The molecular formula is C19H20ClN3O4. The predicted octanol–water partition coefficient (Wildman–Crippen LogP) is 3.65. The first kappa shape index (κ1) is 19.0. The average Bonchev–Trinajstić information content (AvgIpc) is 3.03. The van der Waals surface area contributed by atoms with Crippen molar-refractivity contribution in [3.8, 4) is 17.1 Å². The summed E-state index contributed by atoms with van der Waals surface area (Å²) in [7, 11) is 1.51. The van der Waals surface area contributed by atoms with E-state index in [1.165, 1.54) is 17.8 Å². The summed E-state index contributed by atoms with van der Waals surface area (Å²) in [5, 5.41) is 4.93. The van der Waals surface area contributed by atoms with E-state index in [2.05, 4.69) is 10.1 Å². The van der Waals surface area contributed by atoms with Gasteiger partial charge in [-0.3, -0.25) is 4.79 Å².